The first-order valence-corrected chi connectivity index (χ1v) is 6.73. The van der Waals surface area contributed by atoms with Crippen molar-refractivity contribution >= 4 is 5.82 Å². The van der Waals surface area contributed by atoms with Gasteiger partial charge in [0.25, 0.3) is 0 Å². The molecule has 1 aromatic carbocycles. The van der Waals surface area contributed by atoms with Gasteiger partial charge < -0.3 is 15.2 Å². The van der Waals surface area contributed by atoms with Gasteiger partial charge >= 0.3 is 0 Å². The molecule has 0 unspecified atom stereocenters. The lowest BCUT2D eigenvalue weighted by atomic mass is 10.2. The van der Waals surface area contributed by atoms with E-state index in [1.54, 1.807) is 0 Å². The Morgan fingerprint density at radius 3 is 2.50 bits per heavy atom. The van der Waals surface area contributed by atoms with Crippen LogP contribution in [-0.2, 0) is 13.0 Å². The second-order valence-corrected chi connectivity index (χ2v) is 4.29. The van der Waals surface area contributed by atoms with Crippen molar-refractivity contribution < 1.29 is 9.84 Å². The topological polar surface area (TPSA) is 67.3 Å². The number of nitrogens with zero attached hydrogens (tertiary/aromatic N) is 2. The van der Waals surface area contributed by atoms with Gasteiger partial charge in [-0.3, -0.25) is 0 Å². The number of rotatable bonds is 6. The minimum atomic E-state index is 0.0264. The molecule has 5 nitrogen and oxygen atoms in total. The lowest BCUT2D eigenvalue weighted by molar-refractivity contribution is 0.281. The van der Waals surface area contributed by atoms with E-state index >= 15 is 0 Å². The number of nitrogens with one attached hydrogen (secondary N) is 1. The Labute approximate surface area is 118 Å². The number of aliphatic hydroxyl groups is 1. The van der Waals surface area contributed by atoms with Gasteiger partial charge in [-0.05, 0) is 31.0 Å². The highest BCUT2D eigenvalue weighted by Gasteiger charge is 2.11. The maximum Gasteiger partial charge on any atom is 0.227 e. The Balaban J connectivity index is 2.25. The van der Waals surface area contributed by atoms with Crippen LogP contribution < -0.4 is 10.1 Å². The lowest BCUT2D eigenvalue weighted by Gasteiger charge is -2.12. The van der Waals surface area contributed by atoms with E-state index in [1.807, 2.05) is 38.1 Å². The Hall–Kier alpha value is -2.14. The summed E-state index contributed by atoms with van der Waals surface area (Å²) in [5.41, 5.74) is 1.81. The van der Waals surface area contributed by atoms with Crippen molar-refractivity contribution in [2.24, 2.45) is 0 Å². The predicted molar refractivity (Wildman–Crippen MR) is 78.0 cm³/mol. The minimum absolute atomic E-state index is 0.0264. The molecule has 0 atom stereocenters. The molecule has 0 spiro atoms. The van der Waals surface area contributed by atoms with E-state index < -0.39 is 0 Å². The zero-order chi connectivity index (χ0) is 14.4. The molecule has 0 aliphatic rings. The van der Waals surface area contributed by atoms with Gasteiger partial charge in [-0.2, -0.15) is 0 Å². The largest absolute Gasteiger partial charge is 0.439 e. The first-order chi connectivity index (χ1) is 9.78. The highest BCUT2D eigenvalue weighted by Crippen LogP contribution is 2.27. The summed E-state index contributed by atoms with van der Waals surface area (Å²) in [7, 11) is 0. The van der Waals surface area contributed by atoms with E-state index in [2.05, 4.69) is 15.3 Å². The molecule has 5 heteroatoms. The molecule has 106 valence electrons. The molecule has 1 aromatic heterocycles. The molecule has 1 heterocycles. The minimum Gasteiger partial charge on any atom is -0.439 e. The number of aromatic nitrogens is 2. The SMILES string of the molecule is CCNc1ncnc(Oc2ccc(CO)cc2)c1CC. The van der Waals surface area contributed by atoms with E-state index in [4.69, 9.17) is 9.84 Å². The number of hydrogen-bond acceptors (Lipinski definition) is 5. The van der Waals surface area contributed by atoms with Gasteiger partial charge in [0.15, 0.2) is 0 Å². The normalized spacial score (nSPS) is 10.3. The summed E-state index contributed by atoms with van der Waals surface area (Å²) >= 11 is 0. The lowest BCUT2D eigenvalue weighted by Crippen LogP contribution is -2.05. The van der Waals surface area contributed by atoms with Crippen molar-refractivity contribution in [2.45, 2.75) is 26.9 Å². The van der Waals surface area contributed by atoms with Gasteiger partial charge in [0.1, 0.15) is 17.9 Å². The number of ether oxygens (including phenoxy) is 1. The Morgan fingerprint density at radius 2 is 1.90 bits per heavy atom. The molecule has 0 saturated carbocycles. The third-order valence-electron chi connectivity index (χ3n) is 2.92. The average Bonchev–Trinajstić information content (AvgIpc) is 2.49. The second-order valence-electron chi connectivity index (χ2n) is 4.29. The van der Waals surface area contributed by atoms with E-state index in [9.17, 15) is 0 Å². The van der Waals surface area contributed by atoms with Gasteiger partial charge in [0, 0.05) is 6.54 Å². The molecular weight excluding hydrogens is 254 g/mol. The third kappa shape index (κ3) is 3.24. The first kappa shape index (κ1) is 14.3. The van der Waals surface area contributed by atoms with Crippen molar-refractivity contribution in [1.82, 2.24) is 9.97 Å². The zero-order valence-corrected chi connectivity index (χ0v) is 11.8. The maximum absolute atomic E-state index is 9.03. The van der Waals surface area contributed by atoms with Crippen molar-refractivity contribution in [2.75, 3.05) is 11.9 Å². The highest BCUT2D eigenvalue weighted by molar-refractivity contribution is 5.49. The standard InChI is InChI=1S/C15H19N3O2/c1-3-13-14(16-4-2)17-10-18-15(13)20-12-7-5-11(9-19)6-8-12/h5-8,10,19H,3-4,9H2,1-2H3,(H,16,17,18). The van der Waals surface area contributed by atoms with Crippen LogP contribution in [0.4, 0.5) is 5.82 Å². The Bertz CT molecular complexity index is 556. The molecule has 0 aliphatic heterocycles. The summed E-state index contributed by atoms with van der Waals surface area (Å²) in [6.07, 6.45) is 2.28. The molecule has 2 N–H and O–H groups in total. The van der Waals surface area contributed by atoms with Crippen LogP contribution in [0.1, 0.15) is 25.0 Å². The summed E-state index contributed by atoms with van der Waals surface area (Å²) in [6, 6.07) is 7.29. The Kier molecular flexibility index (Phi) is 4.90. The fourth-order valence-electron chi connectivity index (χ4n) is 1.90. The number of aliphatic hydroxyl groups excluding tert-OH is 1. The van der Waals surface area contributed by atoms with Crippen LogP contribution in [0.15, 0.2) is 30.6 Å². The number of benzene rings is 1. The van der Waals surface area contributed by atoms with E-state index in [0.717, 1.165) is 29.9 Å². The molecule has 0 fully saturated rings. The monoisotopic (exact) mass is 273 g/mol. The quantitative estimate of drug-likeness (QED) is 0.847. The zero-order valence-electron chi connectivity index (χ0n) is 11.8. The van der Waals surface area contributed by atoms with Gasteiger partial charge in [-0.1, -0.05) is 19.1 Å². The third-order valence-corrected chi connectivity index (χ3v) is 2.92. The second kappa shape index (κ2) is 6.86. The van der Waals surface area contributed by atoms with Crippen molar-refractivity contribution in [1.29, 1.82) is 0 Å². The number of hydrogen-bond donors (Lipinski definition) is 2. The van der Waals surface area contributed by atoms with Crippen LogP contribution >= 0.6 is 0 Å². The van der Waals surface area contributed by atoms with Crippen LogP contribution in [0.5, 0.6) is 11.6 Å². The van der Waals surface area contributed by atoms with E-state index in [1.165, 1.54) is 6.33 Å². The van der Waals surface area contributed by atoms with Gasteiger partial charge in [0.2, 0.25) is 5.88 Å². The van der Waals surface area contributed by atoms with Crippen molar-refractivity contribution in [3.63, 3.8) is 0 Å². The summed E-state index contributed by atoms with van der Waals surface area (Å²) in [5.74, 6) is 2.07. The van der Waals surface area contributed by atoms with Crippen LogP contribution in [0.25, 0.3) is 0 Å². The molecule has 20 heavy (non-hydrogen) atoms. The van der Waals surface area contributed by atoms with Gasteiger partial charge in [0.05, 0.1) is 12.2 Å². The molecule has 0 aliphatic carbocycles. The molecule has 0 radical (unpaired) electrons. The fourth-order valence-corrected chi connectivity index (χ4v) is 1.90. The molecular formula is C15H19N3O2. The van der Waals surface area contributed by atoms with Crippen molar-refractivity contribution in [3.8, 4) is 11.6 Å². The average molecular weight is 273 g/mol. The van der Waals surface area contributed by atoms with Crippen molar-refractivity contribution in [3.05, 3.63) is 41.7 Å². The van der Waals surface area contributed by atoms with Crippen LogP contribution in [0, 0.1) is 0 Å². The number of anilines is 1. The summed E-state index contributed by atoms with van der Waals surface area (Å²) in [5, 5.41) is 12.2. The molecule has 2 aromatic rings. The summed E-state index contributed by atoms with van der Waals surface area (Å²) in [4.78, 5) is 8.44. The first-order valence-electron chi connectivity index (χ1n) is 6.73. The maximum atomic E-state index is 9.03. The molecule has 0 bridgehead atoms. The van der Waals surface area contributed by atoms with E-state index in [0.29, 0.717) is 11.6 Å². The Morgan fingerprint density at radius 1 is 1.15 bits per heavy atom. The van der Waals surface area contributed by atoms with Crippen LogP contribution in [-0.4, -0.2) is 21.6 Å². The fraction of sp³-hybridized carbons (Fsp3) is 0.333. The smallest absolute Gasteiger partial charge is 0.227 e. The van der Waals surface area contributed by atoms with Gasteiger partial charge in [-0.15, -0.1) is 0 Å². The highest BCUT2D eigenvalue weighted by atomic mass is 16.5. The summed E-state index contributed by atoms with van der Waals surface area (Å²) < 4.78 is 5.81. The van der Waals surface area contributed by atoms with Crippen LogP contribution in [0.3, 0.4) is 0 Å². The molecule has 2 rings (SSSR count). The summed E-state index contributed by atoms with van der Waals surface area (Å²) in [6.45, 7) is 4.89. The van der Waals surface area contributed by atoms with Crippen LogP contribution in [0.2, 0.25) is 0 Å². The molecule has 0 saturated heterocycles. The van der Waals surface area contributed by atoms with E-state index in [-0.39, 0.29) is 6.61 Å². The molecule has 0 amide bonds. The van der Waals surface area contributed by atoms with Gasteiger partial charge in [-0.25, -0.2) is 9.97 Å². The predicted octanol–water partition coefficient (Wildman–Crippen LogP) is 2.76.